The van der Waals surface area contributed by atoms with Crippen LogP contribution in [0.15, 0.2) is 66.7 Å². The third-order valence-electron chi connectivity index (χ3n) is 6.62. The summed E-state index contributed by atoms with van der Waals surface area (Å²) in [4.78, 5) is 15.7. The Balaban J connectivity index is 1.66. The van der Waals surface area contributed by atoms with E-state index in [1.807, 2.05) is 17.0 Å². The van der Waals surface area contributed by atoms with Crippen molar-refractivity contribution in [1.82, 2.24) is 0 Å². The summed E-state index contributed by atoms with van der Waals surface area (Å²) >= 11 is 0. The van der Waals surface area contributed by atoms with E-state index in [1.54, 1.807) is 0 Å². The maximum absolute atomic E-state index is 13.7. The average molecular weight is 427 g/mol. The number of anilines is 2. The van der Waals surface area contributed by atoms with Crippen LogP contribution in [0.3, 0.4) is 0 Å². The number of unbranched alkanes of at least 4 members (excludes halogenated alkanes) is 1. The Labute approximate surface area is 192 Å². The summed E-state index contributed by atoms with van der Waals surface area (Å²) in [5, 5.41) is 3.75. The number of hydrogen-bond donors (Lipinski definition) is 1. The minimum atomic E-state index is 0.0874. The number of benzene rings is 3. The molecule has 3 aromatic carbocycles. The van der Waals surface area contributed by atoms with Crippen molar-refractivity contribution >= 4 is 17.3 Å². The first-order valence-electron chi connectivity index (χ1n) is 11.8. The zero-order valence-corrected chi connectivity index (χ0v) is 19.7. The fraction of sp³-hybridized carbons (Fsp3) is 0.345. The molecule has 1 amide bonds. The number of nitrogens with one attached hydrogen (secondary N) is 1. The summed E-state index contributed by atoms with van der Waals surface area (Å²) in [6.45, 7) is 8.60. The van der Waals surface area contributed by atoms with Gasteiger partial charge in [0, 0.05) is 17.3 Å². The highest BCUT2D eigenvalue weighted by atomic mass is 16.2. The molecule has 4 rings (SSSR count). The molecule has 0 fully saturated rings. The number of hydrogen-bond acceptors (Lipinski definition) is 2. The van der Waals surface area contributed by atoms with E-state index in [0.717, 1.165) is 35.3 Å². The summed E-state index contributed by atoms with van der Waals surface area (Å²) in [5.41, 5.74) is 7.83. The van der Waals surface area contributed by atoms with Crippen LogP contribution in [0.2, 0.25) is 0 Å². The second kappa shape index (κ2) is 9.60. The predicted octanol–water partition coefficient (Wildman–Crippen LogP) is 7.24. The fourth-order valence-electron chi connectivity index (χ4n) is 4.78. The molecule has 3 heteroatoms. The van der Waals surface area contributed by atoms with Crippen LogP contribution in [-0.2, 0) is 6.42 Å². The SMILES string of the molecule is CCCCc1ccc(C(=O)N2c3c(C)cccc3[C@@H](Nc3ccccc3C)C[C@@H]2C)cc1. The third-order valence-corrected chi connectivity index (χ3v) is 6.62. The van der Waals surface area contributed by atoms with Crippen molar-refractivity contribution in [2.45, 2.75) is 65.5 Å². The summed E-state index contributed by atoms with van der Waals surface area (Å²) in [7, 11) is 0. The molecule has 0 bridgehead atoms. The molecule has 1 N–H and O–H groups in total. The van der Waals surface area contributed by atoms with E-state index in [4.69, 9.17) is 0 Å². The smallest absolute Gasteiger partial charge is 0.258 e. The molecule has 1 aliphatic rings. The Morgan fingerprint density at radius 3 is 2.41 bits per heavy atom. The molecule has 1 heterocycles. The minimum Gasteiger partial charge on any atom is -0.378 e. The summed E-state index contributed by atoms with van der Waals surface area (Å²) in [5.74, 6) is 0.0874. The number of aryl methyl sites for hydroxylation is 3. The molecule has 1 aliphatic heterocycles. The molecular formula is C29H34N2O. The van der Waals surface area contributed by atoms with Gasteiger partial charge in [0.2, 0.25) is 0 Å². The molecule has 166 valence electrons. The van der Waals surface area contributed by atoms with Gasteiger partial charge in [0.1, 0.15) is 0 Å². The largest absolute Gasteiger partial charge is 0.378 e. The first kappa shape index (κ1) is 22.1. The number of rotatable bonds is 6. The minimum absolute atomic E-state index is 0.0874. The van der Waals surface area contributed by atoms with E-state index in [9.17, 15) is 4.79 Å². The third kappa shape index (κ3) is 4.43. The van der Waals surface area contributed by atoms with E-state index >= 15 is 0 Å². The van der Waals surface area contributed by atoms with Crippen LogP contribution in [0.4, 0.5) is 11.4 Å². The number of para-hydroxylation sites is 2. The predicted molar refractivity (Wildman–Crippen MR) is 135 cm³/mol. The van der Waals surface area contributed by atoms with Crippen LogP contribution in [0.25, 0.3) is 0 Å². The zero-order valence-electron chi connectivity index (χ0n) is 19.7. The van der Waals surface area contributed by atoms with E-state index in [0.29, 0.717) is 0 Å². The Kier molecular flexibility index (Phi) is 6.64. The van der Waals surface area contributed by atoms with E-state index in [-0.39, 0.29) is 18.0 Å². The number of amides is 1. The number of nitrogens with zero attached hydrogens (tertiary/aromatic N) is 1. The molecular weight excluding hydrogens is 392 g/mol. The Morgan fingerprint density at radius 2 is 1.69 bits per heavy atom. The molecule has 0 aliphatic carbocycles. The van der Waals surface area contributed by atoms with Gasteiger partial charge in [0.15, 0.2) is 0 Å². The van der Waals surface area contributed by atoms with Gasteiger partial charge in [0.05, 0.1) is 11.7 Å². The molecule has 0 spiro atoms. The summed E-state index contributed by atoms with van der Waals surface area (Å²) < 4.78 is 0. The quantitative estimate of drug-likeness (QED) is 0.450. The van der Waals surface area contributed by atoms with Crippen LogP contribution in [0.1, 0.15) is 71.8 Å². The normalized spacial score (nSPS) is 17.7. The molecule has 2 atom stereocenters. The standard InChI is InChI=1S/C29H34N2O/c1-5-6-12-23-15-17-24(18-16-23)29(32)31-22(4)19-27(25-13-9-11-21(3)28(25)31)30-26-14-8-7-10-20(26)2/h7-11,13-18,22,27,30H,5-6,12,19H2,1-4H3/t22-,27-/m0/s1. The van der Waals surface area contributed by atoms with Crippen molar-refractivity contribution in [1.29, 1.82) is 0 Å². The Morgan fingerprint density at radius 1 is 0.969 bits per heavy atom. The second-order valence-electron chi connectivity index (χ2n) is 9.08. The molecule has 0 aromatic heterocycles. The molecule has 0 unspecified atom stereocenters. The van der Waals surface area contributed by atoms with Crippen LogP contribution in [-0.4, -0.2) is 11.9 Å². The van der Waals surface area contributed by atoms with Crippen molar-refractivity contribution in [3.63, 3.8) is 0 Å². The highest BCUT2D eigenvalue weighted by molar-refractivity contribution is 6.07. The maximum Gasteiger partial charge on any atom is 0.258 e. The van der Waals surface area contributed by atoms with Gasteiger partial charge >= 0.3 is 0 Å². The van der Waals surface area contributed by atoms with Gasteiger partial charge < -0.3 is 10.2 Å². The van der Waals surface area contributed by atoms with E-state index in [1.165, 1.54) is 29.5 Å². The zero-order chi connectivity index (χ0) is 22.7. The first-order chi connectivity index (χ1) is 15.5. The Hall–Kier alpha value is -3.07. The van der Waals surface area contributed by atoms with Gasteiger partial charge in [-0.1, -0.05) is 61.9 Å². The fourth-order valence-corrected chi connectivity index (χ4v) is 4.78. The number of carbonyl (C=O) groups is 1. The van der Waals surface area contributed by atoms with Crippen molar-refractivity contribution in [3.05, 3.63) is 94.5 Å². The maximum atomic E-state index is 13.7. The van der Waals surface area contributed by atoms with Gasteiger partial charge in [-0.2, -0.15) is 0 Å². The van der Waals surface area contributed by atoms with Crippen LogP contribution in [0, 0.1) is 13.8 Å². The van der Waals surface area contributed by atoms with Crippen molar-refractivity contribution in [2.75, 3.05) is 10.2 Å². The lowest BCUT2D eigenvalue weighted by Gasteiger charge is -2.41. The highest BCUT2D eigenvalue weighted by Gasteiger charge is 2.35. The van der Waals surface area contributed by atoms with Gasteiger partial charge in [-0.15, -0.1) is 0 Å². The van der Waals surface area contributed by atoms with E-state index < -0.39 is 0 Å². The van der Waals surface area contributed by atoms with Gasteiger partial charge in [0.25, 0.3) is 5.91 Å². The van der Waals surface area contributed by atoms with Crippen molar-refractivity contribution < 1.29 is 4.79 Å². The number of carbonyl (C=O) groups excluding carboxylic acids is 1. The van der Waals surface area contributed by atoms with Gasteiger partial charge in [-0.05, 0) is 80.5 Å². The molecule has 3 aromatic rings. The lowest BCUT2D eigenvalue weighted by atomic mass is 9.88. The monoisotopic (exact) mass is 426 g/mol. The van der Waals surface area contributed by atoms with Crippen LogP contribution >= 0.6 is 0 Å². The Bertz CT molecular complexity index is 1090. The lowest BCUT2D eigenvalue weighted by molar-refractivity contribution is 0.0974. The first-order valence-corrected chi connectivity index (χ1v) is 11.8. The van der Waals surface area contributed by atoms with Gasteiger partial charge in [-0.25, -0.2) is 0 Å². The van der Waals surface area contributed by atoms with Gasteiger partial charge in [-0.3, -0.25) is 4.79 Å². The molecule has 32 heavy (non-hydrogen) atoms. The van der Waals surface area contributed by atoms with Crippen molar-refractivity contribution in [2.24, 2.45) is 0 Å². The molecule has 0 saturated heterocycles. The number of fused-ring (bicyclic) bond motifs is 1. The second-order valence-corrected chi connectivity index (χ2v) is 9.08. The molecule has 3 nitrogen and oxygen atoms in total. The summed E-state index contributed by atoms with van der Waals surface area (Å²) in [6, 6.07) is 23.2. The highest BCUT2D eigenvalue weighted by Crippen LogP contribution is 2.41. The molecule has 0 radical (unpaired) electrons. The average Bonchev–Trinajstić information content (AvgIpc) is 2.80. The lowest BCUT2D eigenvalue weighted by Crippen LogP contribution is -2.44. The van der Waals surface area contributed by atoms with Crippen molar-refractivity contribution in [3.8, 4) is 0 Å². The molecule has 0 saturated carbocycles. The summed E-state index contributed by atoms with van der Waals surface area (Å²) in [6.07, 6.45) is 4.29. The van der Waals surface area contributed by atoms with Crippen LogP contribution < -0.4 is 10.2 Å². The van der Waals surface area contributed by atoms with Crippen LogP contribution in [0.5, 0.6) is 0 Å². The van der Waals surface area contributed by atoms with E-state index in [2.05, 4.69) is 87.6 Å². The topological polar surface area (TPSA) is 32.3 Å².